The molecule has 2 atom stereocenters. The second-order valence-corrected chi connectivity index (χ2v) is 4.31. The standard InChI is InChI=1S/C13H22N2/c1-10-4-7-12(8-5-10)13(15-3)9-6-11(2)14/h4-5,7-8,11,13,15H,6,9,14H2,1-3H3. The van der Waals surface area contributed by atoms with Crippen molar-refractivity contribution in [2.24, 2.45) is 5.73 Å². The Balaban J connectivity index is 2.61. The molecule has 0 aliphatic heterocycles. The van der Waals surface area contributed by atoms with Crippen LogP contribution >= 0.6 is 0 Å². The van der Waals surface area contributed by atoms with Gasteiger partial charge in [-0.25, -0.2) is 0 Å². The van der Waals surface area contributed by atoms with Gasteiger partial charge in [0, 0.05) is 12.1 Å². The van der Waals surface area contributed by atoms with E-state index < -0.39 is 0 Å². The quantitative estimate of drug-likeness (QED) is 0.776. The van der Waals surface area contributed by atoms with Gasteiger partial charge in [-0.05, 0) is 39.3 Å². The minimum atomic E-state index is 0.284. The average molecular weight is 206 g/mol. The lowest BCUT2D eigenvalue weighted by Gasteiger charge is -2.17. The van der Waals surface area contributed by atoms with E-state index in [0.717, 1.165) is 12.8 Å². The van der Waals surface area contributed by atoms with Crippen LogP contribution in [-0.4, -0.2) is 13.1 Å². The molecule has 0 saturated heterocycles. The molecule has 0 heterocycles. The molecule has 0 aliphatic rings. The summed E-state index contributed by atoms with van der Waals surface area (Å²) < 4.78 is 0. The van der Waals surface area contributed by atoms with Gasteiger partial charge in [-0.15, -0.1) is 0 Å². The molecule has 0 bridgehead atoms. The molecule has 0 fully saturated rings. The Hall–Kier alpha value is -0.860. The van der Waals surface area contributed by atoms with Gasteiger partial charge in [0.2, 0.25) is 0 Å². The number of benzene rings is 1. The van der Waals surface area contributed by atoms with Crippen molar-refractivity contribution in [3.63, 3.8) is 0 Å². The van der Waals surface area contributed by atoms with Gasteiger partial charge in [-0.2, -0.15) is 0 Å². The molecule has 3 N–H and O–H groups in total. The van der Waals surface area contributed by atoms with Gasteiger partial charge in [-0.1, -0.05) is 29.8 Å². The van der Waals surface area contributed by atoms with Crippen LogP contribution in [-0.2, 0) is 0 Å². The number of aryl methyl sites for hydroxylation is 1. The van der Waals surface area contributed by atoms with Crippen LogP contribution in [0.25, 0.3) is 0 Å². The van der Waals surface area contributed by atoms with E-state index in [1.54, 1.807) is 0 Å². The van der Waals surface area contributed by atoms with E-state index >= 15 is 0 Å². The van der Waals surface area contributed by atoms with Crippen LogP contribution in [0.1, 0.15) is 36.9 Å². The van der Waals surface area contributed by atoms with E-state index in [-0.39, 0.29) is 6.04 Å². The molecule has 15 heavy (non-hydrogen) atoms. The highest BCUT2D eigenvalue weighted by molar-refractivity contribution is 5.24. The third-order valence-corrected chi connectivity index (χ3v) is 2.74. The monoisotopic (exact) mass is 206 g/mol. The number of hydrogen-bond acceptors (Lipinski definition) is 2. The molecule has 2 heteroatoms. The highest BCUT2D eigenvalue weighted by Crippen LogP contribution is 2.18. The molecule has 1 aromatic carbocycles. The second-order valence-electron chi connectivity index (χ2n) is 4.31. The normalized spacial score (nSPS) is 14.9. The van der Waals surface area contributed by atoms with Crippen molar-refractivity contribution in [3.8, 4) is 0 Å². The molecular weight excluding hydrogens is 184 g/mol. The van der Waals surface area contributed by atoms with E-state index in [1.807, 2.05) is 7.05 Å². The van der Waals surface area contributed by atoms with Crippen LogP contribution in [0.2, 0.25) is 0 Å². The van der Waals surface area contributed by atoms with Crippen LogP contribution < -0.4 is 11.1 Å². The van der Waals surface area contributed by atoms with Gasteiger partial charge in [0.25, 0.3) is 0 Å². The van der Waals surface area contributed by atoms with E-state index in [9.17, 15) is 0 Å². The molecule has 84 valence electrons. The lowest BCUT2D eigenvalue weighted by molar-refractivity contribution is 0.496. The van der Waals surface area contributed by atoms with Gasteiger partial charge >= 0.3 is 0 Å². The van der Waals surface area contributed by atoms with Crippen LogP contribution in [0, 0.1) is 6.92 Å². The summed E-state index contributed by atoms with van der Waals surface area (Å²) in [6.45, 7) is 4.17. The highest BCUT2D eigenvalue weighted by Gasteiger charge is 2.09. The second kappa shape index (κ2) is 5.89. The summed E-state index contributed by atoms with van der Waals surface area (Å²) in [4.78, 5) is 0. The molecule has 0 saturated carbocycles. The van der Waals surface area contributed by atoms with Crippen LogP contribution in [0.15, 0.2) is 24.3 Å². The minimum absolute atomic E-state index is 0.284. The van der Waals surface area contributed by atoms with Gasteiger partial charge in [0.05, 0.1) is 0 Å². The lowest BCUT2D eigenvalue weighted by Crippen LogP contribution is -2.21. The van der Waals surface area contributed by atoms with Crippen LogP contribution in [0.5, 0.6) is 0 Å². The smallest absolute Gasteiger partial charge is 0.0318 e. The van der Waals surface area contributed by atoms with Crippen molar-refractivity contribution in [3.05, 3.63) is 35.4 Å². The van der Waals surface area contributed by atoms with Gasteiger partial charge in [0.1, 0.15) is 0 Å². The number of nitrogens with one attached hydrogen (secondary N) is 1. The predicted octanol–water partition coefficient (Wildman–Crippen LogP) is 2.38. The Morgan fingerprint density at radius 3 is 2.27 bits per heavy atom. The minimum Gasteiger partial charge on any atom is -0.328 e. The van der Waals surface area contributed by atoms with E-state index in [1.165, 1.54) is 11.1 Å². The SMILES string of the molecule is CNC(CCC(C)N)c1ccc(C)cc1. The van der Waals surface area contributed by atoms with Crippen molar-refractivity contribution in [2.75, 3.05) is 7.05 Å². The van der Waals surface area contributed by atoms with Crippen molar-refractivity contribution >= 4 is 0 Å². The molecule has 0 radical (unpaired) electrons. The molecule has 1 rings (SSSR count). The maximum atomic E-state index is 5.77. The lowest BCUT2D eigenvalue weighted by atomic mass is 9.99. The van der Waals surface area contributed by atoms with Crippen molar-refractivity contribution in [1.29, 1.82) is 0 Å². The fraction of sp³-hybridized carbons (Fsp3) is 0.538. The largest absolute Gasteiger partial charge is 0.328 e. The van der Waals surface area contributed by atoms with E-state index in [0.29, 0.717) is 6.04 Å². The summed E-state index contributed by atoms with van der Waals surface area (Å²) in [7, 11) is 2.01. The van der Waals surface area contributed by atoms with Crippen molar-refractivity contribution in [1.82, 2.24) is 5.32 Å². The first-order chi connectivity index (χ1) is 7.13. The molecule has 2 nitrogen and oxygen atoms in total. The maximum absolute atomic E-state index is 5.77. The van der Waals surface area contributed by atoms with Crippen molar-refractivity contribution < 1.29 is 0 Å². The third-order valence-electron chi connectivity index (χ3n) is 2.74. The topological polar surface area (TPSA) is 38.0 Å². The molecule has 0 amide bonds. The van der Waals surface area contributed by atoms with Gasteiger partial charge in [-0.3, -0.25) is 0 Å². The first-order valence-corrected chi connectivity index (χ1v) is 5.63. The Morgan fingerprint density at radius 2 is 1.80 bits per heavy atom. The number of rotatable bonds is 5. The molecule has 0 aromatic heterocycles. The zero-order chi connectivity index (χ0) is 11.3. The Morgan fingerprint density at radius 1 is 1.20 bits per heavy atom. The average Bonchev–Trinajstić information content (AvgIpc) is 2.21. The summed E-state index contributed by atoms with van der Waals surface area (Å²) in [5.74, 6) is 0. The van der Waals surface area contributed by atoms with Gasteiger partial charge in [0.15, 0.2) is 0 Å². The third kappa shape index (κ3) is 4.02. The van der Waals surface area contributed by atoms with E-state index in [2.05, 4.69) is 43.4 Å². The van der Waals surface area contributed by atoms with Gasteiger partial charge < -0.3 is 11.1 Å². The van der Waals surface area contributed by atoms with Crippen LogP contribution in [0.4, 0.5) is 0 Å². The fourth-order valence-electron chi connectivity index (χ4n) is 1.71. The molecule has 2 unspecified atom stereocenters. The number of nitrogens with two attached hydrogens (primary N) is 1. The summed E-state index contributed by atoms with van der Waals surface area (Å²) in [6.07, 6.45) is 2.15. The maximum Gasteiger partial charge on any atom is 0.0318 e. The number of hydrogen-bond donors (Lipinski definition) is 2. The van der Waals surface area contributed by atoms with Crippen molar-refractivity contribution in [2.45, 2.75) is 38.8 Å². The Labute approximate surface area is 92.9 Å². The Kier molecular flexibility index (Phi) is 4.79. The summed E-state index contributed by atoms with van der Waals surface area (Å²) in [5, 5.41) is 3.34. The Bertz CT molecular complexity index is 277. The predicted molar refractivity (Wildman–Crippen MR) is 65.9 cm³/mol. The molecular formula is C13H22N2. The summed E-state index contributed by atoms with van der Waals surface area (Å²) in [5.41, 5.74) is 8.43. The fourth-order valence-corrected chi connectivity index (χ4v) is 1.71. The first kappa shape index (κ1) is 12.2. The first-order valence-electron chi connectivity index (χ1n) is 5.63. The highest BCUT2D eigenvalue weighted by atomic mass is 14.9. The summed E-state index contributed by atoms with van der Waals surface area (Å²) in [6, 6.07) is 9.41. The molecule has 0 spiro atoms. The zero-order valence-corrected chi connectivity index (χ0v) is 9.96. The summed E-state index contributed by atoms with van der Waals surface area (Å²) >= 11 is 0. The molecule has 1 aromatic rings. The molecule has 0 aliphatic carbocycles. The van der Waals surface area contributed by atoms with Crippen LogP contribution in [0.3, 0.4) is 0 Å². The zero-order valence-electron chi connectivity index (χ0n) is 9.96. The van der Waals surface area contributed by atoms with E-state index in [4.69, 9.17) is 5.73 Å².